The number of rotatable bonds is 7. The van der Waals surface area contributed by atoms with E-state index in [4.69, 9.17) is 9.47 Å². The first kappa shape index (κ1) is 19.9. The third-order valence-corrected chi connectivity index (χ3v) is 5.01. The van der Waals surface area contributed by atoms with Crippen LogP contribution in [0.5, 0.6) is 11.5 Å². The largest absolute Gasteiger partial charge is 0.490 e. The van der Waals surface area contributed by atoms with E-state index >= 15 is 0 Å². The maximum Gasteiger partial charge on any atom is 0.223 e. The van der Waals surface area contributed by atoms with Gasteiger partial charge in [-0.1, -0.05) is 12.1 Å². The average molecular weight is 403 g/mol. The van der Waals surface area contributed by atoms with Gasteiger partial charge in [-0.3, -0.25) is 14.8 Å². The van der Waals surface area contributed by atoms with Crippen LogP contribution in [0.1, 0.15) is 29.5 Å². The second-order valence-corrected chi connectivity index (χ2v) is 7.30. The lowest BCUT2D eigenvalue weighted by atomic mass is 10.1. The van der Waals surface area contributed by atoms with Gasteiger partial charge in [-0.05, 0) is 53.4 Å². The summed E-state index contributed by atoms with van der Waals surface area (Å²) in [5.74, 6) is 1.64. The predicted molar refractivity (Wildman–Crippen MR) is 113 cm³/mol. The fourth-order valence-corrected chi connectivity index (χ4v) is 3.43. The summed E-state index contributed by atoms with van der Waals surface area (Å²) in [7, 11) is 0. The Balaban J connectivity index is 1.44. The highest BCUT2D eigenvalue weighted by Crippen LogP contribution is 2.30. The summed E-state index contributed by atoms with van der Waals surface area (Å²) in [4.78, 5) is 23.2. The number of aromatic nitrogens is 2. The van der Waals surface area contributed by atoms with Crippen molar-refractivity contribution in [3.8, 4) is 11.5 Å². The third-order valence-electron chi connectivity index (χ3n) is 5.01. The monoisotopic (exact) mass is 403 g/mol. The van der Waals surface area contributed by atoms with Crippen LogP contribution >= 0.6 is 0 Å². The fourth-order valence-electron chi connectivity index (χ4n) is 3.43. The summed E-state index contributed by atoms with van der Waals surface area (Å²) in [6, 6.07) is 13.7. The highest BCUT2D eigenvalue weighted by Gasteiger charge is 2.16. The molecule has 0 saturated heterocycles. The molecular weight excluding hydrogens is 378 g/mol. The van der Waals surface area contributed by atoms with Crippen molar-refractivity contribution in [2.75, 3.05) is 13.2 Å². The Morgan fingerprint density at radius 2 is 1.67 bits per heavy atom. The SMILES string of the molecule is O=C(CCc1ccc2c(c1)OCCCO2)N(Cc1ccncc1)Cc1cccnc1. The summed E-state index contributed by atoms with van der Waals surface area (Å²) in [5.41, 5.74) is 3.13. The van der Waals surface area contributed by atoms with Crippen molar-refractivity contribution in [3.05, 3.63) is 83.9 Å². The van der Waals surface area contributed by atoms with Crippen LogP contribution in [0.25, 0.3) is 0 Å². The van der Waals surface area contributed by atoms with E-state index in [9.17, 15) is 4.79 Å². The van der Waals surface area contributed by atoms with E-state index in [2.05, 4.69) is 9.97 Å². The summed E-state index contributed by atoms with van der Waals surface area (Å²) < 4.78 is 11.5. The molecule has 0 saturated carbocycles. The molecule has 154 valence electrons. The van der Waals surface area contributed by atoms with E-state index < -0.39 is 0 Å². The molecule has 6 heteroatoms. The van der Waals surface area contributed by atoms with Gasteiger partial charge in [0.2, 0.25) is 5.91 Å². The molecule has 1 aliphatic heterocycles. The van der Waals surface area contributed by atoms with Crippen LogP contribution in [0, 0.1) is 0 Å². The van der Waals surface area contributed by atoms with Gasteiger partial charge in [-0.15, -0.1) is 0 Å². The summed E-state index contributed by atoms with van der Waals surface area (Å²) in [5, 5.41) is 0. The quantitative estimate of drug-likeness (QED) is 0.600. The molecule has 3 aromatic rings. The maximum absolute atomic E-state index is 13.1. The lowest BCUT2D eigenvalue weighted by Gasteiger charge is -2.23. The number of carbonyl (C=O) groups is 1. The number of pyridine rings is 2. The standard InChI is InChI=1S/C24H25N3O3/c28-24(7-5-19-4-6-22-23(15-19)30-14-2-13-29-22)27(17-20-8-11-25-12-9-20)18-21-3-1-10-26-16-21/h1,3-4,6,8-12,15-16H,2,5,7,13-14,17-18H2. The number of hydrogen-bond acceptors (Lipinski definition) is 5. The van der Waals surface area contributed by atoms with Gasteiger partial charge in [-0.25, -0.2) is 0 Å². The molecule has 1 amide bonds. The molecule has 3 heterocycles. The number of hydrogen-bond donors (Lipinski definition) is 0. The first-order valence-electron chi connectivity index (χ1n) is 10.2. The summed E-state index contributed by atoms with van der Waals surface area (Å²) in [6.45, 7) is 2.39. The summed E-state index contributed by atoms with van der Waals surface area (Å²) >= 11 is 0. The number of nitrogens with zero attached hydrogens (tertiary/aromatic N) is 3. The van der Waals surface area contributed by atoms with E-state index in [1.165, 1.54) is 0 Å². The van der Waals surface area contributed by atoms with E-state index in [1.54, 1.807) is 24.8 Å². The smallest absolute Gasteiger partial charge is 0.223 e. The number of fused-ring (bicyclic) bond motifs is 1. The highest BCUT2D eigenvalue weighted by atomic mass is 16.5. The zero-order valence-electron chi connectivity index (χ0n) is 16.9. The van der Waals surface area contributed by atoms with Crippen LogP contribution in [-0.2, 0) is 24.3 Å². The molecule has 2 aromatic heterocycles. The highest BCUT2D eigenvalue weighted by molar-refractivity contribution is 5.76. The van der Waals surface area contributed by atoms with E-state index in [1.807, 2.05) is 47.4 Å². The van der Waals surface area contributed by atoms with Gasteiger partial charge in [0, 0.05) is 50.7 Å². The van der Waals surface area contributed by atoms with Crippen LogP contribution in [0.15, 0.2) is 67.3 Å². The number of carbonyl (C=O) groups excluding carboxylic acids is 1. The molecule has 6 nitrogen and oxygen atoms in total. The number of amides is 1. The van der Waals surface area contributed by atoms with Crippen molar-refractivity contribution in [3.63, 3.8) is 0 Å². The number of benzene rings is 1. The molecule has 1 aromatic carbocycles. The van der Waals surface area contributed by atoms with Crippen molar-refractivity contribution in [1.82, 2.24) is 14.9 Å². The minimum absolute atomic E-state index is 0.0998. The summed E-state index contributed by atoms with van der Waals surface area (Å²) in [6.07, 6.45) is 8.99. The minimum atomic E-state index is 0.0998. The predicted octanol–water partition coefficient (Wildman–Crippen LogP) is 3.80. The Labute approximate surface area is 176 Å². The molecule has 0 atom stereocenters. The van der Waals surface area contributed by atoms with E-state index in [-0.39, 0.29) is 5.91 Å². The molecule has 30 heavy (non-hydrogen) atoms. The van der Waals surface area contributed by atoms with Crippen molar-refractivity contribution < 1.29 is 14.3 Å². The van der Waals surface area contributed by atoms with Crippen LogP contribution in [0.4, 0.5) is 0 Å². The van der Waals surface area contributed by atoms with Gasteiger partial charge in [0.25, 0.3) is 0 Å². The van der Waals surface area contributed by atoms with E-state index in [0.717, 1.165) is 34.6 Å². The molecule has 0 N–H and O–H groups in total. The van der Waals surface area contributed by atoms with Gasteiger partial charge in [0.1, 0.15) is 0 Å². The Morgan fingerprint density at radius 3 is 2.47 bits per heavy atom. The maximum atomic E-state index is 13.1. The average Bonchev–Trinajstić information content (AvgIpc) is 3.03. The number of ether oxygens (including phenoxy) is 2. The fraction of sp³-hybridized carbons (Fsp3) is 0.292. The topological polar surface area (TPSA) is 64.6 Å². The van der Waals surface area contributed by atoms with Crippen molar-refractivity contribution in [1.29, 1.82) is 0 Å². The second kappa shape index (κ2) is 9.87. The van der Waals surface area contributed by atoms with Crippen LogP contribution in [0.3, 0.4) is 0 Å². The molecule has 0 bridgehead atoms. The Bertz CT molecular complexity index is 922. The molecule has 4 rings (SSSR count). The minimum Gasteiger partial charge on any atom is -0.490 e. The molecule has 0 aliphatic carbocycles. The number of aryl methyl sites for hydroxylation is 1. The Hall–Kier alpha value is -3.41. The Morgan fingerprint density at radius 1 is 0.867 bits per heavy atom. The van der Waals surface area contributed by atoms with E-state index in [0.29, 0.717) is 39.1 Å². The lowest BCUT2D eigenvalue weighted by molar-refractivity contribution is -0.132. The lowest BCUT2D eigenvalue weighted by Crippen LogP contribution is -2.30. The van der Waals surface area contributed by atoms with Crippen LogP contribution in [0.2, 0.25) is 0 Å². The van der Waals surface area contributed by atoms with Gasteiger partial charge in [0.15, 0.2) is 11.5 Å². The van der Waals surface area contributed by atoms with Gasteiger partial charge in [0.05, 0.1) is 13.2 Å². The normalized spacial score (nSPS) is 12.8. The first-order chi connectivity index (χ1) is 14.8. The zero-order valence-corrected chi connectivity index (χ0v) is 16.9. The van der Waals surface area contributed by atoms with Crippen molar-refractivity contribution in [2.24, 2.45) is 0 Å². The molecule has 0 fully saturated rings. The molecule has 0 radical (unpaired) electrons. The molecular formula is C24H25N3O3. The molecule has 0 unspecified atom stereocenters. The van der Waals surface area contributed by atoms with Crippen LogP contribution < -0.4 is 9.47 Å². The molecule has 1 aliphatic rings. The van der Waals surface area contributed by atoms with Crippen molar-refractivity contribution in [2.45, 2.75) is 32.4 Å². The Kier molecular flexibility index (Phi) is 6.54. The second-order valence-electron chi connectivity index (χ2n) is 7.30. The van der Waals surface area contributed by atoms with Crippen LogP contribution in [-0.4, -0.2) is 34.0 Å². The van der Waals surface area contributed by atoms with Gasteiger partial charge < -0.3 is 14.4 Å². The van der Waals surface area contributed by atoms with Gasteiger partial charge >= 0.3 is 0 Å². The third kappa shape index (κ3) is 5.35. The molecule has 0 spiro atoms. The zero-order chi connectivity index (χ0) is 20.6. The van der Waals surface area contributed by atoms with Gasteiger partial charge in [-0.2, -0.15) is 0 Å². The van der Waals surface area contributed by atoms with Crippen molar-refractivity contribution >= 4 is 5.91 Å². The first-order valence-corrected chi connectivity index (χ1v) is 10.2.